The first kappa shape index (κ1) is 14.9. The van der Waals surface area contributed by atoms with E-state index in [2.05, 4.69) is 15.3 Å². The molecule has 8 heteroatoms. The summed E-state index contributed by atoms with van der Waals surface area (Å²) >= 11 is 1.05. The molecule has 110 valence electrons. The molecule has 0 bridgehead atoms. The third kappa shape index (κ3) is 3.34. The molecule has 0 radical (unpaired) electrons. The van der Waals surface area contributed by atoms with Gasteiger partial charge in [-0.25, -0.2) is 9.78 Å². The first-order valence-corrected chi connectivity index (χ1v) is 6.80. The molecule has 2 aromatic rings. The van der Waals surface area contributed by atoms with Crippen LogP contribution in [0.3, 0.4) is 0 Å². The smallest absolute Gasteiger partial charge is 0.347 e. The van der Waals surface area contributed by atoms with Gasteiger partial charge in [-0.05, 0) is 13.0 Å². The molecule has 21 heavy (non-hydrogen) atoms. The van der Waals surface area contributed by atoms with Crippen molar-refractivity contribution in [2.24, 2.45) is 0 Å². The molecule has 0 aliphatic rings. The van der Waals surface area contributed by atoms with Crippen molar-refractivity contribution in [1.82, 2.24) is 15.3 Å². The average molecular weight is 307 g/mol. The van der Waals surface area contributed by atoms with E-state index >= 15 is 0 Å². The van der Waals surface area contributed by atoms with Crippen LogP contribution in [0.15, 0.2) is 18.5 Å². The Morgan fingerprint density at radius 3 is 2.86 bits per heavy atom. The number of hydrogen-bond donors (Lipinski definition) is 2. The highest BCUT2D eigenvalue weighted by Gasteiger charge is 2.16. The maximum absolute atomic E-state index is 12.1. The Bertz CT molecular complexity index is 684. The van der Waals surface area contributed by atoms with E-state index in [0.29, 0.717) is 22.0 Å². The van der Waals surface area contributed by atoms with Crippen LogP contribution in [0, 0.1) is 6.92 Å². The Morgan fingerprint density at radius 1 is 1.48 bits per heavy atom. The molecule has 0 atom stereocenters. The molecule has 0 unspecified atom stereocenters. The Balaban J connectivity index is 2.07. The summed E-state index contributed by atoms with van der Waals surface area (Å²) in [6.07, 6.45) is 2.94. The molecule has 0 aliphatic heterocycles. The Kier molecular flexibility index (Phi) is 4.49. The molecule has 2 N–H and O–H groups in total. The van der Waals surface area contributed by atoms with Crippen molar-refractivity contribution in [1.29, 1.82) is 0 Å². The summed E-state index contributed by atoms with van der Waals surface area (Å²) in [4.78, 5) is 31.2. The van der Waals surface area contributed by atoms with Crippen LogP contribution in [0.4, 0.5) is 0 Å². The number of methoxy groups -OCH3 is 1. The number of carboxylic acids is 1. The summed E-state index contributed by atoms with van der Waals surface area (Å²) in [5.74, 6) is -0.978. The predicted octanol–water partition coefficient (Wildman–Crippen LogP) is 1.48. The minimum atomic E-state index is -1.02. The molecule has 0 aliphatic carbocycles. The van der Waals surface area contributed by atoms with E-state index in [4.69, 9.17) is 9.84 Å². The average Bonchev–Trinajstić information content (AvgIpc) is 2.86. The fourth-order valence-electron chi connectivity index (χ4n) is 1.71. The molecule has 7 nitrogen and oxygen atoms in total. The number of aromatic carboxylic acids is 1. The monoisotopic (exact) mass is 307 g/mol. The van der Waals surface area contributed by atoms with Crippen molar-refractivity contribution in [3.8, 4) is 5.75 Å². The molecule has 2 rings (SSSR count). The van der Waals surface area contributed by atoms with E-state index in [1.807, 2.05) is 0 Å². The number of amides is 1. The van der Waals surface area contributed by atoms with Crippen LogP contribution in [-0.2, 0) is 6.54 Å². The molecule has 2 heterocycles. The van der Waals surface area contributed by atoms with Gasteiger partial charge in [0.05, 0.1) is 31.1 Å². The zero-order valence-electron chi connectivity index (χ0n) is 11.4. The topological polar surface area (TPSA) is 101 Å². The number of carbonyl (C=O) groups is 2. The van der Waals surface area contributed by atoms with Crippen molar-refractivity contribution in [3.05, 3.63) is 39.6 Å². The number of carbonyl (C=O) groups excluding carboxylic acids is 1. The van der Waals surface area contributed by atoms with Gasteiger partial charge in [0.2, 0.25) is 0 Å². The van der Waals surface area contributed by atoms with Crippen molar-refractivity contribution >= 4 is 23.2 Å². The molecular formula is C13H13N3O4S. The molecule has 0 spiro atoms. The van der Waals surface area contributed by atoms with Gasteiger partial charge in [-0.15, -0.1) is 11.3 Å². The maximum Gasteiger partial charge on any atom is 0.347 e. The van der Waals surface area contributed by atoms with Crippen LogP contribution in [0.1, 0.15) is 30.7 Å². The number of thiazole rings is 1. The normalized spacial score (nSPS) is 10.2. The van der Waals surface area contributed by atoms with Gasteiger partial charge in [0, 0.05) is 6.20 Å². The Morgan fingerprint density at radius 2 is 2.24 bits per heavy atom. The summed E-state index contributed by atoms with van der Waals surface area (Å²) in [6.45, 7) is 1.78. The molecule has 0 saturated carbocycles. The highest BCUT2D eigenvalue weighted by molar-refractivity contribution is 7.13. The molecule has 0 saturated heterocycles. The first-order chi connectivity index (χ1) is 10.0. The van der Waals surface area contributed by atoms with E-state index in [1.54, 1.807) is 13.0 Å². The molecular weight excluding hydrogens is 294 g/mol. The second-order valence-corrected chi connectivity index (χ2v) is 5.17. The largest absolute Gasteiger partial charge is 0.494 e. The van der Waals surface area contributed by atoms with Crippen molar-refractivity contribution in [2.75, 3.05) is 7.11 Å². The lowest BCUT2D eigenvalue weighted by molar-refractivity contribution is 0.0701. The van der Waals surface area contributed by atoms with E-state index < -0.39 is 5.97 Å². The minimum absolute atomic E-state index is 0.156. The summed E-state index contributed by atoms with van der Waals surface area (Å²) in [7, 11) is 1.46. The fraction of sp³-hybridized carbons (Fsp3) is 0.231. The number of pyridine rings is 1. The van der Waals surface area contributed by atoms with Crippen LogP contribution in [0.2, 0.25) is 0 Å². The van der Waals surface area contributed by atoms with Crippen LogP contribution in [0.25, 0.3) is 0 Å². The van der Waals surface area contributed by atoms with Gasteiger partial charge >= 0.3 is 5.97 Å². The Labute approximate surface area is 124 Å². The van der Waals surface area contributed by atoms with E-state index in [0.717, 1.165) is 11.3 Å². The highest BCUT2D eigenvalue weighted by atomic mass is 32.1. The summed E-state index contributed by atoms with van der Waals surface area (Å²) in [5, 5.41) is 12.2. The predicted molar refractivity (Wildman–Crippen MR) is 75.8 cm³/mol. The van der Waals surface area contributed by atoms with Gasteiger partial charge in [-0.1, -0.05) is 0 Å². The van der Waals surface area contributed by atoms with Crippen molar-refractivity contribution < 1.29 is 19.4 Å². The lowest BCUT2D eigenvalue weighted by Gasteiger charge is -2.07. The molecule has 0 fully saturated rings. The minimum Gasteiger partial charge on any atom is -0.494 e. The van der Waals surface area contributed by atoms with Gasteiger partial charge in [0.1, 0.15) is 15.6 Å². The standard InChI is InChI=1S/C13H13N3O4S/c1-7-11(13(18)19)21-10(16-7)6-15-12(17)8-3-4-14-5-9(8)20-2/h3-5H,6H2,1-2H3,(H,15,17)(H,18,19). The summed E-state index contributed by atoms with van der Waals surface area (Å²) in [5.41, 5.74) is 0.803. The van der Waals surface area contributed by atoms with E-state index in [1.165, 1.54) is 19.5 Å². The number of ether oxygens (including phenoxy) is 1. The Hall–Kier alpha value is -2.48. The second kappa shape index (κ2) is 6.31. The van der Waals surface area contributed by atoms with Gasteiger partial charge < -0.3 is 15.2 Å². The van der Waals surface area contributed by atoms with E-state index in [-0.39, 0.29) is 17.3 Å². The number of hydrogen-bond acceptors (Lipinski definition) is 6. The van der Waals surface area contributed by atoms with E-state index in [9.17, 15) is 9.59 Å². The first-order valence-electron chi connectivity index (χ1n) is 5.98. The number of aromatic nitrogens is 2. The van der Waals surface area contributed by atoms with Crippen LogP contribution in [0.5, 0.6) is 5.75 Å². The summed E-state index contributed by atoms with van der Waals surface area (Å²) < 4.78 is 5.06. The fourth-order valence-corrected chi connectivity index (χ4v) is 2.55. The van der Waals surface area contributed by atoms with Crippen LogP contribution < -0.4 is 10.1 Å². The lowest BCUT2D eigenvalue weighted by Crippen LogP contribution is -2.23. The quantitative estimate of drug-likeness (QED) is 0.867. The third-order valence-corrected chi connectivity index (χ3v) is 3.83. The maximum atomic E-state index is 12.1. The SMILES string of the molecule is COc1cnccc1C(=O)NCc1nc(C)c(C(=O)O)s1. The van der Waals surface area contributed by atoms with Crippen LogP contribution in [-0.4, -0.2) is 34.1 Å². The lowest BCUT2D eigenvalue weighted by atomic mass is 10.2. The number of nitrogens with zero attached hydrogens (tertiary/aromatic N) is 2. The van der Waals surface area contributed by atoms with Gasteiger partial charge in [0.25, 0.3) is 5.91 Å². The second-order valence-electron chi connectivity index (χ2n) is 4.09. The van der Waals surface area contributed by atoms with Gasteiger partial charge in [-0.3, -0.25) is 9.78 Å². The van der Waals surface area contributed by atoms with Gasteiger partial charge in [-0.2, -0.15) is 0 Å². The van der Waals surface area contributed by atoms with Crippen molar-refractivity contribution in [3.63, 3.8) is 0 Å². The third-order valence-electron chi connectivity index (χ3n) is 2.68. The molecule has 0 aromatic carbocycles. The highest BCUT2D eigenvalue weighted by Crippen LogP contribution is 2.19. The number of carboxylic acid groups (broad SMARTS) is 1. The molecule has 1 amide bonds. The number of aryl methyl sites for hydroxylation is 1. The molecule has 2 aromatic heterocycles. The summed E-state index contributed by atoms with van der Waals surface area (Å²) in [6, 6.07) is 1.55. The number of rotatable bonds is 5. The van der Waals surface area contributed by atoms with Crippen LogP contribution >= 0.6 is 11.3 Å². The number of nitrogens with one attached hydrogen (secondary N) is 1. The van der Waals surface area contributed by atoms with Gasteiger partial charge in [0.15, 0.2) is 0 Å². The van der Waals surface area contributed by atoms with Crippen molar-refractivity contribution in [2.45, 2.75) is 13.5 Å². The zero-order valence-corrected chi connectivity index (χ0v) is 12.2. The zero-order chi connectivity index (χ0) is 15.4.